The molecule has 1 heterocycles. The Balaban J connectivity index is 0.00000264. The summed E-state index contributed by atoms with van der Waals surface area (Å²) >= 11 is 3.61. The van der Waals surface area contributed by atoms with Crippen molar-refractivity contribution in [2.45, 2.75) is 33.6 Å². The first-order chi connectivity index (χ1) is 10.4. The maximum atomic E-state index is 9.17. The number of hydrogen-bond acceptors (Lipinski definition) is 4. The van der Waals surface area contributed by atoms with Crippen LogP contribution in [0.5, 0.6) is 0 Å². The quantitative estimate of drug-likeness (QED) is 0.679. The lowest BCUT2D eigenvalue weighted by atomic mass is 10.0. The fourth-order valence-electron chi connectivity index (χ4n) is 2.26. The van der Waals surface area contributed by atoms with E-state index < -0.39 is 0 Å². The molecule has 6 heteroatoms. The molecule has 23 heavy (non-hydrogen) atoms. The molecule has 0 N–H and O–H groups in total. The second-order valence-corrected chi connectivity index (χ2v) is 6.41. The molecule has 4 nitrogen and oxygen atoms in total. The Labute approximate surface area is 152 Å². The molecule has 0 amide bonds. The molecule has 0 aliphatic heterocycles. The van der Waals surface area contributed by atoms with Crippen molar-refractivity contribution < 1.29 is 0 Å². The third kappa shape index (κ3) is 4.66. The minimum absolute atomic E-state index is 0. The molecule has 0 aliphatic carbocycles. The van der Waals surface area contributed by atoms with E-state index in [0.717, 1.165) is 21.5 Å². The number of nitriles is 1. The summed E-state index contributed by atoms with van der Waals surface area (Å²) in [5.74, 6) is 1.00. The minimum atomic E-state index is 0. The van der Waals surface area contributed by atoms with Gasteiger partial charge in [0.1, 0.15) is 6.54 Å². The molecule has 0 fully saturated rings. The number of nitrogens with zero attached hydrogens (tertiary/aromatic N) is 4. The van der Waals surface area contributed by atoms with Gasteiger partial charge in [0.05, 0.1) is 11.8 Å². The van der Waals surface area contributed by atoms with Crippen LogP contribution in [0.2, 0.25) is 0 Å². The molecule has 0 atom stereocenters. The van der Waals surface area contributed by atoms with Crippen molar-refractivity contribution >= 4 is 40.0 Å². The minimum Gasteiger partial charge on any atom is -0.296 e. The SMILES string of the molecule is Cc1cc(C)nc(N(CC#N)c2ccc(C(C)C)cc2Br)n1.Cl. The van der Waals surface area contributed by atoms with Crippen molar-refractivity contribution in [1.82, 2.24) is 9.97 Å². The molecular weight excluding hydrogens is 376 g/mol. The number of hydrogen-bond donors (Lipinski definition) is 0. The fraction of sp³-hybridized carbons (Fsp3) is 0.353. The van der Waals surface area contributed by atoms with Crippen LogP contribution in [0.25, 0.3) is 0 Å². The lowest BCUT2D eigenvalue weighted by Crippen LogP contribution is -2.21. The van der Waals surface area contributed by atoms with Gasteiger partial charge in [-0.2, -0.15) is 5.26 Å². The van der Waals surface area contributed by atoms with Crippen LogP contribution in [0.3, 0.4) is 0 Å². The molecule has 2 aromatic rings. The van der Waals surface area contributed by atoms with Crippen LogP contribution in [0.15, 0.2) is 28.7 Å². The number of aryl methyl sites for hydroxylation is 2. The molecule has 0 spiro atoms. The van der Waals surface area contributed by atoms with Gasteiger partial charge in [0.2, 0.25) is 5.95 Å². The average Bonchev–Trinajstić information content (AvgIpc) is 2.44. The third-order valence-electron chi connectivity index (χ3n) is 3.37. The second-order valence-electron chi connectivity index (χ2n) is 5.56. The lowest BCUT2D eigenvalue weighted by Gasteiger charge is -2.22. The topological polar surface area (TPSA) is 52.8 Å². The highest BCUT2D eigenvalue weighted by Crippen LogP contribution is 2.33. The van der Waals surface area contributed by atoms with Crippen molar-refractivity contribution in [1.29, 1.82) is 5.26 Å². The van der Waals surface area contributed by atoms with Crippen molar-refractivity contribution in [2.24, 2.45) is 0 Å². The van der Waals surface area contributed by atoms with Crippen LogP contribution in [0.1, 0.15) is 36.7 Å². The Morgan fingerprint density at radius 2 is 1.78 bits per heavy atom. The first kappa shape index (κ1) is 19.4. The number of aromatic nitrogens is 2. The maximum Gasteiger partial charge on any atom is 0.231 e. The van der Waals surface area contributed by atoms with Gasteiger partial charge >= 0.3 is 0 Å². The summed E-state index contributed by atoms with van der Waals surface area (Å²) in [6.45, 7) is 8.37. The highest BCUT2D eigenvalue weighted by molar-refractivity contribution is 9.10. The molecule has 0 radical (unpaired) electrons. The number of anilines is 2. The Morgan fingerprint density at radius 1 is 1.17 bits per heavy atom. The van der Waals surface area contributed by atoms with Crippen LogP contribution < -0.4 is 4.90 Å². The van der Waals surface area contributed by atoms with E-state index >= 15 is 0 Å². The highest BCUT2D eigenvalue weighted by atomic mass is 79.9. The van der Waals surface area contributed by atoms with Crippen LogP contribution in [0, 0.1) is 25.2 Å². The Morgan fingerprint density at radius 3 is 2.26 bits per heavy atom. The second kappa shape index (κ2) is 8.28. The first-order valence-corrected chi connectivity index (χ1v) is 7.98. The van der Waals surface area contributed by atoms with Gasteiger partial charge in [-0.1, -0.05) is 19.9 Å². The number of rotatable bonds is 4. The molecule has 122 valence electrons. The average molecular weight is 396 g/mol. The van der Waals surface area contributed by atoms with Crippen LogP contribution >= 0.6 is 28.3 Å². The van der Waals surface area contributed by atoms with E-state index in [1.165, 1.54) is 5.56 Å². The molecule has 0 aliphatic rings. The molecule has 1 aromatic carbocycles. The van der Waals surface area contributed by atoms with Crippen molar-refractivity contribution in [2.75, 3.05) is 11.4 Å². The van der Waals surface area contributed by atoms with E-state index in [9.17, 15) is 0 Å². The van der Waals surface area contributed by atoms with Gasteiger partial charge in [-0.15, -0.1) is 12.4 Å². The Bertz CT molecular complexity index is 705. The summed E-state index contributed by atoms with van der Waals surface area (Å²) in [4.78, 5) is 10.8. The normalized spacial score (nSPS) is 10.1. The Hall–Kier alpha value is -1.64. The smallest absolute Gasteiger partial charge is 0.231 e. The van der Waals surface area contributed by atoms with Gasteiger partial charge in [0.25, 0.3) is 0 Å². The van der Waals surface area contributed by atoms with Crippen molar-refractivity contribution in [3.05, 3.63) is 45.7 Å². The van der Waals surface area contributed by atoms with E-state index in [-0.39, 0.29) is 19.0 Å². The number of halogens is 2. The largest absolute Gasteiger partial charge is 0.296 e. The predicted molar refractivity (Wildman–Crippen MR) is 99.6 cm³/mol. The summed E-state index contributed by atoms with van der Waals surface area (Å²) in [7, 11) is 0. The van der Waals surface area contributed by atoms with Gasteiger partial charge in [0, 0.05) is 15.9 Å². The molecule has 0 unspecified atom stereocenters. The van der Waals surface area contributed by atoms with Crippen LogP contribution in [-0.2, 0) is 0 Å². The van der Waals surface area contributed by atoms with Crippen molar-refractivity contribution in [3.63, 3.8) is 0 Å². The van der Waals surface area contributed by atoms with Gasteiger partial charge in [-0.05, 0) is 59.5 Å². The van der Waals surface area contributed by atoms with E-state index in [0.29, 0.717) is 11.9 Å². The Kier molecular flexibility index (Phi) is 6.99. The molecular formula is C17H20BrClN4. The fourth-order valence-corrected chi connectivity index (χ4v) is 2.87. The van der Waals surface area contributed by atoms with E-state index in [1.54, 1.807) is 0 Å². The summed E-state index contributed by atoms with van der Waals surface area (Å²) < 4.78 is 0.941. The molecule has 0 saturated carbocycles. The monoisotopic (exact) mass is 394 g/mol. The van der Waals surface area contributed by atoms with E-state index in [2.05, 4.69) is 57.9 Å². The summed E-state index contributed by atoms with van der Waals surface area (Å²) in [5.41, 5.74) is 3.92. The standard InChI is InChI=1S/C17H19BrN4.ClH/c1-11(2)14-5-6-16(15(18)10-14)22(8-7-19)17-20-12(3)9-13(4)21-17;/h5-6,9-11H,8H2,1-4H3;1H. The predicted octanol–water partition coefficient (Wildman–Crippen LogP) is 5.06. The number of benzene rings is 1. The van der Waals surface area contributed by atoms with Gasteiger partial charge in [0.15, 0.2) is 0 Å². The lowest BCUT2D eigenvalue weighted by molar-refractivity contribution is 0.864. The van der Waals surface area contributed by atoms with Crippen LogP contribution in [0.4, 0.5) is 11.6 Å². The van der Waals surface area contributed by atoms with E-state index in [4.69, 9.17) is 5.26 Å². The zero-order valence-electron chi connectivity index (χ0n) is 13.7. The zero-order chi connectivity index (χ0) is 16.3. The first-order valence-electron chi connectivity index (χ1n) is 7.18. The van der Waals surface area contributed by atoms with Crippen LogP contribution in [-0.4, -0.2) is 16.5 Å². The van der Waals surface area contributed by atoms with Gasteiger partial charge in [-0.25, -0.2) is 9.97 Å². The summed E-state index contributed by atoms with van der Waals surface area (Å²) in [6, 6.07) is 10.3. The molecule has 0 bridgehead atoms. The third-order valence-corrected chi connectivity index (χ3v) is 4.01. The summed E-state index contributed by atoms with van der Waals surface area (Å²) in [6.07, 6.45) is 0. The maximum absolute atomic E-state index is 9.17. The van der Waals surface area contributed by atoms with Gasteiger partial charge in [-0.3, -0.25) is 4.90 Å². The zero-order valence-corrected chi connectivity index (χ0v) is 16.1. The molecule has 2 rings (SSSR count). The summed E-state index contributed by atoms with van der Waals surface area (Å²) in [5, 5.41) is 9.17. The van der Waals surface area contributed by atoms with E-state index in [1.807, 2.05) is 30.9 Å². The van der Waals surface area contributed by atoms with Crippen molar-refractivity contribution in [3.8, 4) is 6.07 Å². The molecule has 1 aromatic heterocycles. The van der Waals surface area contributed by atoms with Gasteiger partial charge < -0.3 is 0 Å². The molecule has 0 saturated heterocycles. The highest BCUT2D eigenvalue weighted by Gasteiger charge is 2.16.